The molecular formula is C61H59N19O10. The van der Waals surface area contributed by atoms with E-state index in [1.807, 2.05) is 24.3 Å². The lowest BCUT2D eigenvalue weighted by Gasteiger charge is -2.29. The number of amides is 9. The predicted octanol–water partition coefficient (Wildman–Crippen LogP) is 5.25. The normalized spacial score (nSPS) is 15.3. The minimum absolute atomic E-state index is 0.00380. The average molecular weight is 1220 g/mol. The second-order valence-electron chi connectivity index (χ2n) is 22.4. The summed E-state index contributed by atoms with van der Waals surface area (Å²) in [7, 11) is 9.62. The molecule has 458 valence electrons. The lowest BCUT2D eigenvalue weighted by atomic mass is 9.81. The number of ketones is 1. The molecule has 9 amide bonds. The number of aromatic nitrogens is 10. The molecule has 0 bridgehead atoms. The number of aromatic amines is 1. The number of nitrogens with one attached hydrogen (secondary N) is 9. The topological polar surface area (TPSA) is 354 Å². The molecule has 9 N–H and O–H groups in total. The van der Waals surface area contributed by atoms with Crippen LogP contribution in [-0.4, -0.2) is 124 Å². The van der Waals surface area contributed by atoms with Crippen LogP contribution in [0.3, 0.4) is 0 Å². The number of imidazole rings is 3. The summed E-state index contributed by atoms with van der Waals surface area (Å²) in [5.41, 5.74) is 5.16. The monoisotopic (exact) mass is 1220 g/mol. The second-order valence-corrected chi connectivity index (χ2v) is 22.4. The van der Waals surface area contributed by atoms with Gasteiger partial charge in [-0.3, -0.25) is 47.9 Å². The molecule has 0 radical (unpaired) electrons. The van der Waals surface area contributed by atoms with E-state index in [1.165, 1.54) is 72.7 Å². The maximum atomic E-state index is 14.0. The molecule has 29 nitrogen and oxygen atoms in total. The second kappa shape index (κ2) is 22.7. The maximum Gasteiger partial charge on any atom is 0.292 e. The highest BCUT2D eigenvalue weighted by Gasteiger charge is 2.67. The predicted molar refractivity (Wildman–Crippen MR) is 328 cm³/mol. The first-order valence-corrected chi connectivity index (χ1v) is 28.3. The molecule has 3 aliphatic rings. The fourth-order valence-electron chi connectivity index (χ4n) is 11.7. The van der Waals surface area contributed by atoms with Gasteiger partial charge in [-0.1, -0.05) is 24.3 Å². The Kier molecular flexibility index (Phi) is 14.8. The number of aryl methyl sites for hydroxylation is 6. The van der Waals surface area contributed by atoms with Gasteiger partial charge in [0.05, 0.1) is 17.1 Å². The maximum absolute atomic E-state index is 14.0. The molecule has 9 aromatic rings. The molecule has 2 atom stereocenters. The fraction of sp³-hybridized carbons (Fsp3) is 0.230. The molecule has 2 unspecified atom stereocenters. The van der Waals surface area contributed by atoms with E-state index in [1.54, 1.807) is 94.5 Å². The van der Waals surface area contributed by atoms with Crippen molar-refractivity contribution in [1.29, 1.82) is 0 Å². The van der Waals surface area contributed by atoms with Crippen molar-refractivity contribution in [3.05, 3.63) is 167 Å². The number of hydrogen-bond acceptors (Lipinski definition) is 13. The molecule has 29 heteroatoms. The number of allylic oxidation sites excluding steroid dienone is 2. The van der Waals surface area contributed by atoms with Crippen molar-refractivity contribution in [3.63, 3.8) is 0 Å². The molecule has 2 aliphatic carbocycles. The zero-order valence-corrected chi connectivity index (χ0v) is 49.6. The molecule has 90 heavy (non-hydrogen) atoms. The number of likely N-dealkylation sites (tertiary alicyclic amines) is 1. The van der Waals surface area contributed by atoms with Crippen LogP contribution in [0.4, 0.5) is 40.2 Å². The Morgan fingerprint density at radius 1 is 0.556 bits per heavy atom. The number of benzene rings is 2. The Morgan fingerprint density at radius 3 is 1.64 bits per heavy atom. The van der Waals surface area contributed by atoms with Crippen LogP contribution in [0.1, 0.15) is 116 Å². The SMILES string of the molecule is CC(=O)Nc1cn(C)c(C(=O)Nc2cn(C)c(C(=O)Nc3cc(C(=O)Nc4cc(C(=O)NCCCC(=O)Nc5cn(C)c(C(=O)Nc6cc(C(=O)Nc7ccc8[nH]c(C(=O)N9CC%10CC%10%11C9=CC(=O)c9ccccc9%11)cc8c7)n(C)c6)n5)n(C)c4)n(C)c3)n2)n1. The van der Waals surface area contributed by atoms with Crippen molar-refractivity contribution in [1.82, 2.24) is 57.6 Å². The average Bonchev–Trinajstić information content (AvgIpc) is 1.51. The number of hydrogen-bond donors (Lipinski definition) is 9. The van der Waals surface area contributed by atoms with Crippen LogP contribution in [0.2, 0.25) is 0 Å². The fourth-order valence-corrected chi connectivity index (χ4v) is 11.7. The zero-order chi connectivity index (χ0) is 63.6. The number of nitrogens with zero attached hydrogens (tertiary/aromatic N) is 10. The number of piperidine rings is 1. The zero-order valence-electron chi connectivity index (χ0n) is 49.6. The van der Waals surface area contributed by atoms with Crippen molar-refractivity contribution < 1.29 is 47.9 Å². The van der Waals surface area contributed by atoms with Gasteiger partial charge in [0.25, 0.3) is 41.4 Å². The van der Waals surface area contributed by atoms with Gasteiger partial charge in [-0.25, -0.2) is 15.0 Å². The summed E-state index contributed by atoms with van der Waals surface area (Å²) >= 11 is 0. The third-order valence-electron chi connectivity index (χ3n) is 16.0. The minimum Gasteiger partial charge on any atom is -0.351 e. The number of carbonyl (C=O) groups excluding carboxylic acids is 10. The van der Waals surface area contributed by atoms with Gasteiger partial charge in [0.1, 0.15) is 22.8 Å². The van der Waals surface area contributed by atoms with Gasteiger partial charge in [-0.2, -0.15) is 0 Å². The van der Waals surface area contributed by atoms with E-state index in [2.05, 4.69) is 62.5 Å². The molecule has 12 rings (SSSR count). The summed E-state index contributed by atoms with van der Waals surface area (Å²) in [5.74, 6) is -3.91. The Hall–Kier alpha value is -11.9. The first kappa shape index (κ1) is 58.5. The molecule has 1 saturated heterocycles. The molecule has 1 aliphatic heterocycles. The number of anilines is 7. The van der Waals surface area contributed by atoms with E-state index >= 15 is 0 Å². The molecule has 8 heterocycles. The lowest BCUT2D eigenvalue weighted by molar-refractivity contribution is -0.116. The van der Waals surface area contributed by atoms with E-state index in [0.717, 1.165) is 17.7 Å². The molecule has 2 fully saturated rings. The van der Waals surface area contributed by atoms with E-state index in [-0.39, 0.29) is 106 Å². The van der Waals surface area contributed by atoms with Crippen LogP contribution in [0.25, 0.3) is 10.9 Å². The highest BCUT2D eigenvalue weighted by Crippen LogP contribution is 2.66. The first-order valence-electron chi connectivity index (χ1n) is 28.3. The summed E-state index contributed by atoms with van der Waals surface area (Å²) in [4.78, 5) is 149. The van der Waals surface area contributed by atoms with Crippen molar-refractivity contribution in [2.45, 2.75) is 31.6 Å². The van der Waals surface area contributed by atoms with Crippen molar-refractivity contribution in [2.24, 2.45) is 48.2 Å². The van der Waals surface area contributed by atoms with Crippen LogP contribution in [0.5, 0.6) is 0 Å². The van der Waals surface area contributed by atoms with Crippen molar-refractivity contribution in [2.75, 3.05) is 50.3 Å². The van der Waals surface area contributed by atoms with Crippen LogP contribution in [0.15, 0.2) is 116 Å². The van der Waals surface area contributed by atoms with Crippen LogP contribution >= 0.6 is 0 Å². The van der Waals surface area contributed by atoms with E-state index in [4.69, 9.17) is 0 Å². The highest BCUT2D eigenvalue weighted by molar-refractivity contribution is 6.12. The van der Waals surface area contributed by atoms with Gasteiger partial charge in [0.15, 0.2) is 23.2 Å². The number of carbonyl (C=O) groups is 10. The van der Waals surface area contributed by atoms with Gasteiger partial charge >= 0.3 is 0 Å². The largest absolute Gasteiger partial charge is 0.351 e. The molecule has 2 aromatic carbocycles. The van der Waals surface area contributed by atoms with Gasteiger partial charge in [0, 0.05) is 145 Å². The van der Waals surface area contributed by atoms with Gasteiger partial charge < -0.3 is 79.8 Å². The smallest absolute Gasteiger partial charge is 0.292 e. The summed E-state index contributed by atoms with van der Waals surface area (Å²) < 4.78 is 8.85. The summed E-state index contributed by atoms with van der Waals surface area (Å²) in [6.45, 7) is 1.96. The number of H-pyrrole nitrogens is 1. The molecule has 1 spiro atoms. The summed E-state index contributed by atoms with van der Waals surface area (Å²) in [6.07, 6.45) is 11.8. The summed E-state index contributed by atoms with van der Waals surface area (Å²) in [6, 6.07) is 19.0. The minimum atomic E-state index is -0.633. The van der Waals surface area contributed by atoms with E-state index < -0.39 is 41.4 Å². The third-order valence-corrected chi connectivity index (χ3v) is 16.0. The summed E-state index contributed by atoms with van der Waals surface area (Å²) in [5, 5.41) is 22.4. The van der Waals surface area contributed by atoms with Crippen LogP contribution in [-0.2, 0) is 57.3 Å². The Morgan fingerprint density at radius 2 is 1.07 bits per heavy atom. The Labute approximate surface area is 510 Å². The van der Waals surface area contributed by atoms with Gasteiger partial charge in [-0.15, -0.1) is 0 Å². The van der Waals surface area contributed by atoms with Gasteiger partial charge in [-0.05, 0) is 66.8 Å². The van der Waals surface area contributed by atoms with Crippen LogP contribution in [0, 0.1) is 5.92 Å². The number of fused-ring (bicyclic) bond motifs is 2. The van der Waals surface area contributed by atoms with Gasteiger partial charge in [0.2, 0.25) is 29.3 Å². The van der Waals surface area contributed by atoms with E-state index in [0.29, 0.717) is 45.8 Å². The standard InChI is InChI=1S/C61H59N19O10/c1-31(81)63-47-28-77(5)53(70-47)59(89)73-49-30-79(7)52(72-49)58(88)67-37-21-44(76(4)27-37)56(86)65-35-19-42(74(2)25-35)54(84)62-16-10-13-50(83)69-48-29-78(6)51(71-48)57(87)66-36-20-43(75(3)26-36)55(85)64-34-14-15-40-32(17-34)18-41(68-40)60(90)80-24-33-23-61(33)39-12-9-8-11-38(39)45(82)22-46(61)80/h8-9,11-12,14-15,17-22,25-30,33,68H,10,13,16,23-24H2,1-7H3,(H,62,84)(H,63,81)(H,64,85)(H,65,86)(H,66,87)(H,67,88)(H,69,83)(H,73,89). The van der Waals surface area contributed by atoms with Crippen molar-refractivity contribution in [3.8, 4) is 0 Å². The third kappa shape index (κ3) is 11.2. The number of rotatable bonds is 18. The quantitative estimate of drug-likeness (QED) is 0.0497. The molecular weight excluding hydrogens is 1160 g/mol. The van der Waals surface area contributed by atoms with E-state index in [9.17, 15) is 47.9 Å². The molecule has 7 aromatic heterocycles. The Bertz CT molecular complexity index is 4600. The lowest BCUT2D eigenvalue weighted by Crippen LogP contribution is -2.33. The van der Waals surface area contributed by atoms with Crippen LogP contribution < -0.4 is 42.5 Å². The highest BCUT2D eigenvalue weighted by atomic mass is 16.2. The first-order chi connectivity index (χ1) is 43.0. The molecule has 1 saturated carbocycles. The van der Waals surface area contributed by atoms with Crippen molar-refractivity contribution >= 4 is 110 Å². The Balaban J connectivity index is 0.580.